The number of hydrogen-bond donors (Lipinski definition) is 1. The molecule has 0 saturated carbocycles. The first-order valence-corrected chi connectivity index (χ1v) is 7.34. The quantitative estimate of drug-likeness (QED) is 0.926. The molecule has 8 heteroatoms. The second-order valence-electron chi connectivity index (χ2n) is 5.27. The average molecular weight is 308 g/mol. The molecule has 1 saturated heterocycles. The number of nitrogens with two attached hydrogens (primary N) is 1. The summed E-state index contributed by atoms with van der Waals surface area (Å²) in [5.41, 5.74) is 5.78. The molecule has 2 aromatic heterocycles. The van der Waals surface area contributed by atoms with Gasteiger partial charge in [0.1, 0.15) is 28.8 Å². The van der Waals surface area contributed by atoms with Gasteiger partial charge in [0.2, 0.25) is 0 Å². The number of nitrogen functional groups attached to an aromatic ring is 1. The minimum Gasteiger partial charge on any atom is -0.382 e. The Morgan fingerprint density at radius 2 is 2.19 bits per heavy atom. The van der Waals surface area contributed by atoms with Gasteiger partial charge in [0.15, 0.2) is 5.82 Å². The number of hydrogen-bond acceptors (Lipinski definition) is 6. The lowest BCUT2D eigenvalue weighted by atomic mass is 10.2. The third-order valence-electron chi connectivity index (χ3n) is 3.79. The van der Waals surface area contributed by atoms with Gasteiger partial charge in [-0.1, -0.05) is 11.6 Å². The minimum absolute atomic E-state index is 0.289. The van der Waals surface area contributed by atoms with Crippen LogP contribution in [-0.2, 0) is 6.54 Å². The van der Waals surface area contributed by atoms with E-state index in [-0.39, 0.29) is 6.04 Å². The van der Waals surface area contributed by atoms with E-state index < -0.39 is 0 Å². The molecule has 0 radical (unpaired) electrons. The van der Waals surface area contributed by atoms with Crippen molar-refractivity contribution < 1.29 is 0 Å². The summed E-state index contributed by atoms with van der Waals surface area (Å²) in [4.78, 5) is 14.8. The zero-order valence-electron chi connectivity index (χ0n) is 12.1. The fourth-order valence-electron chi connectivity index (χ4n) is 2.81. The lowest BCUT2D eigenvalue weighted by Gasteiger charge is -2.26. The number of halogens is 1. The SMILES string of the molecule is Cc1nc(C)n(CC2CCCN2c2ncnc(N)c2Cl)n1. The lowest BCUT2D eigenvalue weighted by Crippen LogP contribution is -2.34. The van der Waals surface area contributed by atoms with Crippen molar-refractivity contribution in [1.29, 1.82) is 0 Å². The van der Waals surface area contributed by atoms with Crippen molar-refractivity contribution in [2.45, 2.75) is 39.3 Å². The standard InChI is InChI=1S/C13H18ClN7/c1-8-18-9(2)21(19-8)6-10-4-3-5-20(10)13-11(14)12(15)16-7-17-13/h7,10H,3-6H2,1-2H3,(H2,15,16,17). The lowest BCUT2D eigenvalue weighted by molar-refractivity contribution is 0.495. The summed E-state index contributed by atoms with van der Waals surface area (Å²) in [5.74, 6) is 2.75. The molecule has 2 N–H and O–H groups in total. The maximum absolute atomic E-state index is 6.25. The van der Waals surface area contributed by atoms with E-state index in [9.17, 15) is 0 Å². The van der Waals surface area contributed by atoms with Crippen LogP contribution in [-0.4, -0.2) is 37.3 Å². The van der Waals surface area contributed by atoms with Crippen LogP contribution in [0, 0.1) is 13.8 Å². The maximum atomic E-state index is 6.25. The van der Waals surface area contributed by atoms with Gasteiger partial charge in [0, 0.05) is 6.54 Å². The smallest absolute Gasteiger partial charge is 0.153 e. The monoisotopic (exact) mass is 307 g/mol. The largest absolute Gasteiger partial charge is 0.382 e. The van der Waals surface area contributed by atoms with Crippen molar-refractivity contribution in [3.63, 3.8) is 0 Å². The van der Waals surface area contributed by atoms with Crippen molar-refractivity contribution in [3.8, 4) is 0 Å². The van der Waals surface area contributed by atoms with Gasteiger partial charge in [-0.15, -0.1) is 0 Å². The first-order valence-electron chi connectivity index (χ1n) is 6.97. The molecule has 1 atom stereocenters. The van der Waals surface area contributed by atoms with Gasteiger partial charge in [0.05, 0.1) is 12.6 Å². The van der Waals surface area contributed by atoms with Crippen LogP contribution in [0.1, 0.15) is 24.5 Å². The van der Waals surface area contributed by atoms with E-state index >= 15 is 0 Å². The second-order valence-corrected chi connectivity index (χ2v) is 5.65. The van der Waals surface area contributed by atoms with E-state index in [2.05, 4.69) is 25.0 Å². The molecule has 3 heterocycles. The van der Waals surface area contributed by atoms with Crippen LogP contribution in [0.3, 0.4) is 0 Å². The second kappa shape index (κ2) is 5.48. The number of aromatic nitrogens is 5. The van der Waals surface area contributed by atoms with E-state index in [1.54, 1.807) is 0 Å². The van der Waals surface area contributed by atoms with E-state index in [0.29, 0.717) is 16.7 Å². The summed E-state index contributed by atoms with van der Waals surface area (Å²) in [6, 6.07) is 0.289. The van der Waals surface area contributed by atoms with Gasteiger partial charge in [-0.3, -0.25) is 0 Å². The van der Waals surface area contributed by atoms with Gasteiger partial charge in [-0.2, -0.15) is 5.10 Å². The Balaban J connectivity index is 1.86. The predicted molar refractivity (Wildman–Crippen MR) is 81.3 cm³/mol. The molecule has 1 fully saturated rings. The van der Waals surface area contributed by atoms with E-state index in [1.165, 1.54) is 6.33 Å². The summed E-state index contributed by atoms with van der Waals surface area (Å²) in [7, 11) is 0. The Kier molecular flexibility index (Phi) is 3.67. The summed E-state index contributed by atoms with van der Waals surface area (Å²) >= 11 is 6.25. The maximum Gasteiger partial charge on any atom is 0.153 e. The van der Waals surface area contributed by atoms with Gasteiger partial charge in [0.25, 0.3) is 0 Å². The highest BCUT2D eigenvalue weighted by atomic mass is 35.5. The van der Waals surface area contributed by atoms with Gasteiger partial charge < -0.3 is 10.6 Å². The summed E-state index contributed by atoms with van der Waals surface area (Å²) in [6.07, 6.45) is 3.62. The molecule has 21 heavy (non-hydrogen) atoms. The Morgan fingerprint density at radius 3 is 2.90 bits per heavy atom. The summed E-state index contributed by atoms with van der Waals surface area (Å²) in [5, 5.41) is 4.86. The van der Waals surface area contributed by atoms with E-state index in [4.69, 9.17) is 17.3 Å². The molecule has 1 unspecified atom stereocenters. The molecule has 0 bridgehead atoms. The van der Waals surface area contributed by atoms with E-state index in [0.717, 1.165) is 37.6 Å². The van der Waals surface area contributed by atoms with Crippen LogP contribution in [0.2, 0.25) is 5.02 Å². The first kappa shape index (κ1) is 14.1. The fraction of sp³-hybridized carbons (Fsp3) is 0.538. The van der Waals surface area contributed by atoms with Crippen molar-refractivity contribution in [3.05, 3.63) is 23.0 Å². The van der Waals surface area contributed by atoms with Gasteiger partial charge in [-0.25, -0.2) is 19.6 Å². The Labute approximate surface area is 128 Å². The normalized spacial score (nSPS) is 18.4. The molecule has 1 aliphatic heterocycles. The molecule has 1 aliphatic rings. The highest BCUT2D eigenvalue weighted by Crippen LogP contribution is 2.32. The molecule has 0 aromatic carbocycles. The Bertz CT molecular complexity index is 654. The third-order valence-corrected chi connectivity index (χ3v) is 4.16. The number of anilines is 2. The molecular formula is C13H18ClN7. The number of rotatable bonds is 3. The van der Waals surface area contributed by atoms with Crippen molar-refractivity contribution in [2.24, 2.45) is 0 Å². The van der Waals surface area contributed by atoms with E-state index in [1.807, 2.05) is 18.5 Å². The topological polar surface area (TPSA) is 85.8 Å². The number of aryl methyl sites for hydroxylation is 2. The third kappa shape index (κ3) is 2.65. The average Bonchev–Trinajstić information content (AvgIpc) is 3.01. The Morgan fingerprint density at radius 1 is 1.38 bits per heavy atom. The van der Waals surface area contributed by atoms with Gasteiger partial charge in [-0.05, 0) is 26.7 Å². The van der Waals surface area contributed by atoms with Crippen LogP contribution >= 0.6 is 11.6 Å². The first-order chi connectivity index (χ1) is 10.1. The van der Waals surface area contributed by atoms with Gasteiger partial charge >= 0.3 is 0 Å². The van der Waals surface area contributed by atoms with Crippen LogP contribution in [0.4, 0.5) is 11.6 Å². The van der Waals surface area contributed by atoms with Crippen molar-refractivity contribution >= 4 is 23.2 Å². The molecule has 0 amide bonds. The molecule has 2 aromatic rings. The number of nitrogens with zero attached hydrogens (tertiary/aromatic N) is 6. The molecule has 0 spiro atoms. The zero-order chi connectivity index (χ0) is 15.0. The van der Waals surface area contributed by atoms with Crippen LogP contribution < -0.4 is 10.6 Å². The van der Waals surface area contributed by atoms with Crippen molar-refractivity contribution in [1.82, 2.24) is 24.7 Å². The van der Waals surface area contributed by atoms with Crippen LogP contribution in [0.15, 0.2) is 6.33 Å². The molecular weight excluding hydrogens is 290 g/mol. The summed E-state index contributed by atoms with van der Waals surface area (Å²) < 4.78 is 1.94. The molecule has 3 rings (SSSR count). The summed E-state index contributed by atoms with van der Waals surface area (Å²) in [6.45, 7) is 5.55. The predicted octanol–water partition coefficient (Wildman–Crippen LogP) is 1.59. The van der Waals surface area contributed by atoms with Crippen LogP contribution in [0.5, 0.6) is 0 Å². The zero-order valence-corrected chi connectivity index (χ0v) is 12.9. The highest BCUT2D eigenvalue weighted by Gasteiger charge is 2.29. The minimum atomic E-state index is 0.289. The molecule has 112 valence electrons. The Hall–Kier alpha value is -1.89. The van der Waals surface area contributed by atoms with Crippen LogP contribution in [0.25, 0.3) is 0 Å². The highest BCUT2D eigenvalue weighted by molar-refractivity contribution is 6.35. The molecule has 7 nitrogen and oxygen atoms in total. The molecule has 0 aliphatic carbocycles. The van der Waals surface area contributed by atoms with Crippen molar-refractivity contribution in [2.75, 3.05) is 17.2 Å². The fourth-order valence-corrected chi connectivity index (χ4v) is 3.02.